The summed E-state index contributed by atoms with van der Waals surface area (Å²) in [6.07, 6.45) is 2.85. The Kier molecular flexibility index (Phi) is 5.85. The topological polar surface area (TPSA) is 62.8 Å². The molecule has 0 saturated carbocycles. The molecule has 1 N–H and O–H groups in total. The Balaban J connectivity index is 2.10. The average Bonchev–Trinajstić information content (AvgIpc) is 2.99. The van der Waals surface area contributed by atoms with Gasteiger partial charge in [-0.05, 0) is 63.8 Å². The highest BCUT2D eigenvalue weighted by Gasteiger charge is 2.15. The van der Waals surface area contributed by atoms with E-state index < -0.39 is 0 Å². The molecule has 0 bridgehead atoms. The minimum Gasteiger partial charge on any atom is -0.342 e. The van der Waals surface area contributed by atoms with Crippen LogP contribution in [0.15, 0.2) is 46.6 Å². The lowest BCUT2D eigenvalue weighted by molar-refractivity contribution is -0.113. The van der Waals surface area contributed by atoms with Crippen LogP contribution in [0.3, 0.4) is 0 Å². The Morgan fingerprint density at radius 2 is 1.88 bits per heavy atom. The van der Waals surface area contributed by atoms with Crippen molar-refractivity contribution in [2.75, 3.05) is 0 Å². The van der Waals surface area contributed by atoms with E-state index in [1.807, 2.05) is 45.0 Å². The third-order valence-corrected chi connectivity index (χ3v) is 4.30. The summed E-state index contributed by atoms with van der Waals surface area (Å²) in [5.41, 5.74) is 4.79. The number of hydrogen-bond acceptors (Lipinski definition) is 3. The molecule has 2 rings (SSSR count). The highest BCUT2D eigenvalue weighted by Crippen LogP contribution is 2.20. The molecule has 0 amide bonds. The summed E-state index contributed by atoms with van der Waals surface area (Å²) < 4.78 is 0. The van der Waals surface area contributed by atoms with Crippen molar-refractivity contribution in [1.29, 1.82) is 0 Å². The highest BCUT2D eigenvalue weighted by molar-refractivity contribution is 6.10. The Hall–Kier alpha value is -2.49. The van der Waals surface area contributed by atoms with E-state index in [1.165, 1.54) is 0 Å². The van der Waals surface area contributed by atoms with Crippen LogP contribution in [0.1, 0.15) is 46.4 Å². The number of carbonyl (C=O) groups is 2. The number of imidazole rings is 1. The van der Waals surface area contributed by atoms with E-state index in [4.69, 9.17) is 0 Å². The number of aldehydes is 1. The number of aromatic amines is 1. The quantitative estimate of drug-likeness (QED) is 0.609. The van der Waals surface area contributed by atoms with E-state index >= 15 is 0 Å². The van der Waals surface area contributed by atoms with Crippen molar-refractivity contribution < 1.29 is 9.59 Å². The van der Waals surface area contributed by atoms with Crippen LogP contribution in [0, 0.1) is 0 Å². The summed E-state index contributed by atoms with van der Waals surface area (Å²) in [5.74, 6) is 0.884. The molecule has 2 aromatic rings. The third-order valence-electron chi connectivity index (χ3n) is 4.30. The molecular formula is C20H24N2O2. The fourth-order valence-corrected chi connectivity index (χ4v) is 2.57. The number of nitrogens with one attached hydrogen (secondary N) is 1. The first-order valence-electron chi connectivity index (χ1n) is 8.21. The minimum absolute atomic E-state index is 0.0239. The molecule has 0 aliphatic carbocycles. The molecule has 0 unspecified atom stereocenters. The molecule has 1 aromatic heterocycles. The number of rotatable bonds is 7. The largest absolute Gasteiger partial charge is 0.342 e. The zero-order valence-electron chi connectivity index (χ0n) is 14.8. The van der Waals surface area contributed by atoms with Gasteiger partial charge in [0.05, 0.1) is 11.0 Å². The predicted molar refractivity (Wildman–Crippen MR) is 96.9 cm³/mol. The summed E-state index contributed by atoms with van der Waals surface area (Å²) >= 11 is 0. The van der Waals surface area contributed by atoms with Gasteiger partial charge in [-0.15, -0.1) is 0 Å². The minimum atomic E-state index is -0.0239. The maximum absolute atomic E-state index is 12.6. The number of nitrogens with zero attached hydrogens (tertiary/aromatic N) is 1. The Morgan fingerprint density at radius 3 is 2.50 bits per heavy atom. The van der Waals surface area contributed by atoms with E-state index in [0.29, 0.717) is 17.6 Å². The van der Waals surface area contributed by atoms with Crippen molar-refractivity contribution in [2.45, 2.75) is 47.0 Å². The number of aryl methyl sites for hydroxylation is 1. The van der Waals surface area contributed by atoms with Gasteiger partial charge in [0, 0.05) is 12.0 Å². The summed E-state index contributed by atoms with van der Waals surface area (Å²) in [6, 6.07) is 7.90. The summed E-state index contributed by atoms with van der Waals surface area (Å²) in [7, 11) is 0. The van der Waals surface area contributed by atoms with Crippen LogP contribution >= 0.6 is 0 Å². The second-order valence-electron chi connectivity index (χ2n) is 6.29. The molecule has 1 aromatic carbocycles. The van der Waals surface area contributed by atoms with Gasteiger partial charge in [0.1, 0.15) is 12.1 Å². The number of ketones is 1. The molecule has 1 heterocycles. The number of carbonyl (C=O) groups excluding carboxylic acids is 2. The van der Waals surface area contributed by atoms with Crippen LogP contribution in [-0.2, 0) is 16.0 Å². The summed E-state index contributed by atoms with van der Waals surface area (Å²) in [6.45, 7) is 7.35. The molecule has 0 spiro atoms. The fourth-order valence-electron chi connectivity index (χ4n) is 2.57. The molecule has 0 saturated heterocycles. The molecular weight excluding hydrogens is 300 g/mol. The van der Waals surface area contributed by atoms with Crippen LogP contribution in [0.4, 0.5) is 0 Å². The lowest BCUT2D eigenvalue weighted by Gasteiger charge is -2.10. The molecule has 0 aliphatic heterocycles. The number of allylic oxidation sites excluding steroid dienone is 4. The molecule has 0 radical (unpaired) electrons. The van der Waals surface area contributed by atoms with Crippen LogP contribution in [-0.4, -0.2) is 22.0 Å². The van der Waals surface area contributed by atoms with Crippen molar-refractivity contribution >= 4 is 23.1 Å². The molecule has 126 valence electrons. The average molecular weight is 324 g/mol. The molecule has 4 heteroatoms. The smallest absolute Gasteiger partial charge is 0.185 e. The monoisotopic (exact) mass is 324 g/mol. The van der Waals surface area contributed by atoms with Gasteiger partial charge >= 0.3 is 0 Å². The van der Waals surface area contributed by atoms with Gasteiger partial charge in [0.2, 0.25) is 0 Å². The Bertz CT molecular complexity index is 788. The molecule has 24 heavy (non-hydrogen) atoms. The van der Waals surface area contributed by atoms with Gasteiger partial charge in [0.25, 0.3) is 0 Å². The van der Waals surface area contributed by atoms with Crippen LogP contribution in [0.25, 0.3) is 11.0 Å². The molecule has 0 fully saturated rings. The van der Waals surface area contributed by atoms with Gasteiger partial charge in [-0.3, -0.25) is 9.59 Å². The van der Waals surface area contributed by atoms with Crippen molar-refractivity contribution in [3.8, 4) is 0 Å². The number of aromatic nitrogens is 2. The van der Waals surface area contributed by atoms with Crippen LogP contribution < -0.4 is 0 Å². The van der Waals surface area contributed by atoms with Gasteiger partial charge in [0.15, 0.2) is 5.78 Å². The standard InChI is InChI=1S/C20H24N2O2/c1-13(2)15(4)20(24)16(14(3)12-23)8-7-11-19-21-17-9-5-6-10-18(17)22-19/h5-6,9-10,12H,7-8,11H2,1-4H3,(H,21,22)/b16-14-. The van der Waals surface area contributed by atoms with Gasteiger partial charge < -0.3 is 4.98 Å². The Morgan fingerprint density at radius 1 is 1.17 bits per heavy atom. The van der Waals surface area contributed by atoms with Crippen molar-refractivity contribution in [3.63, 3.8) is 0 Å². The first-order chi connectivity index (χ1) is 11.4. The second-order valence-corrected chi connectivity index (χ2v) is 6.29. The highest BCUT2D eigenvalue weighted by atomic mass is 16.1. The third kappa shape index (κ3) is 4.07. The first-order valence-corrected chi connectivity index (χ1v) is 8.21. The van der Waals surface area contributed by atoms with E-state index in [1.54, 1.807) is 6.92 Å². The number of benzene rings is 1. The molecule has 0 aliphatic rings. The van der Waals surface area contributed by atoms with Crippen molar-refractivity contribution in [2.24, 2.45) is 0 Å². The fraction of sp³-hybridized carbons (Fsp3) is 0.350. The number of para-hydroxylation sites is 2. The van der Waals surface area contributed by atoms with Gasteiger partial charge in [-0.2, -0.15) is 0 Å². The van der Waals surface area contributed by atoms with Crippen LogP contribution in [0.2, 0.25) is 0 Å². The molecule has 4 nitrogen and oxygen atoms in total. The SMILES string of the molecule is CC(C)=C(C)C(=O)/C(CCCc1nc2ccccc2[nH]1)=C(/C)C=O. The second kappa shape index (κ2) is 7.86. The van der Waals surface area contributed by atoms with E-state index in [2.05, 4.69) is 9.97 Å². The van der Waals surface area contributed by atoms with Gasteiger partial charge in [-0.25, -0.2) is 4.98 Å². The first kappa shape index (κ1) is 17.9. The van der Waals surface area contributed by atoms with E-state index in [-0.39, 0.29) is 5.78 Å². The lowest BCUT2D eigenvalue weighted by atomic mass is 9.93. The Labute approximate surface area is 142 Å². The lowest BCUT2D eigenvalue weighted by Crippen LogP contribution is -2.09. The number of H-pyrrole nitrogens is 1. The van der Waals surface area contributed by atoms with Crippen LogP contribution in [0.5, 0.6) is 0 Å². The maximum Gasteiger partial charge on any atom is 0.185 e. The zero-order valence-corrected chi connectivity index (χ0v) is 14.8. The van der Waals surface area contributed by atoms with E-state index in [9.17, 15) is 9.59 Å². The number of Topliss-reactive ketones (excluding diaryl/α,β-unsaturated/α-hetero) is 1. The molecule has 0 atom stereocenters. The number of hydrogen-bond donors (Lipinski definition) is 1. The zero-order chi connectivity index (χ0) is 17.7. The normalized spacial score (nSPS) is 12.0. The summed E-state index contributed by atoms with van der Waals surface area (Å²) in [5, 5.41) is 0. The van der Waals surface area contributed by atoms with E-state index in [0.717, 1.165) is 47.1 Å². The number of fused-ring (bicyclic) bond motifs is 1. The predicted octanol–water partition coefficient (Wildman–Crippen LogP) is 4.33. The maximum atomic E-state index is 12.6. The van der Waals surface area contributed by atoms with Gasteiger partial charge in [-0.1, -0.05) is 17.7 Å². The van der Waals surface area contributed by atoms with Crippen molar-refractivity contribution in [3.05, 3.63) is 52.4 Å². The summed E-state index contributed by atoms with van der Waals surface area (Å²) in [4.78, 5) is 31.6. The van der Waals surface area contributed by atoms with Crippen molar-refractivity contribution in [1.82, 2.24) is 9.97 Å².